The third kappa shape index (κ3) is 4.73. The number of carbonyl (C=O) groups excluding carboxylic acids is 1. The van der Waals surface area contributed by atoms with E-state index in [0.717, 1.165) is 33.9 Å². The molecule has 1 N–H and O–H groups in total. The topological polar surface area (TPSA) is 69.3 Å². The zero-order valence-electron chi connectivity index (χ0n) is 18.5. The third-order valence-corrected chi connectivity index (χ3v) is 5.84. The van der Waals surface area contributed by atoms with Crippen LogP contribution in [0.4, 0.5) is 0 Å². The molecule has 3 aromatic carbocycles. The first kappa shape index (κ1) is 21.2. The monoisotopic (exact) mass is 446 g/mol. The van der Waals surface area contributed by atoms with Crippen LogP contribution >= 0.6 is 0 Å². The van der Waals surface area contributed by atoms with Gasteiger partial charge in [0.25, 0.3) is 0 Å². The van der Waals surface area contributed by atoms with Crippen molar-refractivity contribution in [3.63, 3.8) is 0 Å². The summed E-state index contributed by atoms with van der Waals surface area (Å²) < 4.78 is 22.7. The minimum atomic E-state index is -0.258. The summed E-state index contributed by atoms with van der Waals surface area (Å²) in [6.07, 6.45) is -0.258. The molecule has 0 fully saturated rings. The highest BCUT2D eigenvalue weighted by Crippen LogP contribution is 2.35. The Morgan fingerprint density at radius 1 is 1.03 bits per heavy atom. The Balaban J connectivity index is 1.29. The van der Waals surface area contributed by atoms with E-state index >= 15 is 0 Å². The normalized spacial score (nSPS) is 16.9. The van der Waals surface area contributed by atoms with Crippen molar-refractivity contribution < 1.29 is 23.7 Å². The van der Waals surface area contributed by atoms with Crippen molar-refractivity contribution in [1.82, 2.24) is 10.2 Å². The van der Waals surface area contributed by atoms with E-state index < -0.39 is 0 Å². The Morgan fingerprint density at radius 2 is 1.85 bits per heavy atom. The Labute approximate surface area is 192 Å². The quantitative estimate of drug-likeness (QED) is 0.623. The van der Waals surface area contributed by atoms with Gasteiger partial charge in [0.2, 0.25) is 12.7 Å². The number of rotatable bonds is 6. The largest absolute Gasteiger partial charge is 0.496 e. The van der Waals surface area contributed by atoms with Gasteiger partial charge in [0.05, 0.1) is 13.7 Å². The number of methoxy groups -OCH3 is 1. The summed E-state index contributed by atoms with van der Waals surface area (Å²) in [7, 11) is 1.66. The maximum atomic E-state index is 12.8. The molecule has 33 heavy (non-hydrogen) atoms. The maximum absolute atomic E-state index is 12.8. The van der Waals surface area contributed by atoms with Crippen LogP contribution in [-0.2, 0) is 17.9 Å². The molecule has 0 aliphatic carbocycles. The van der Waals surface area contributed by atoms with Crippen molar-refractivity contribution in [2.75, 3.05) is 27.0 Å². The number of nitrogens with zero attached hydrogens (tertiary/aromatic N) is 1. The molecule has 0 radical (unpaired) electrons. The summed E-state index contributed by atoms with van der Waals surface area (Å²) in [4.78, 5) is 14.9. The second-order valence-electron chi connectivity index (χ2n) is 8.09. The minimum absolute atomic E-state index is 0.0502. The summed E-state index contributed by atoms with van der Waals surface area (Å²) in [6, 6.07) is 21.5. The zero-order chi connectivity index (χ0) is 22.6. The lowest BCUT2D eigenvalue weighted by molar-refractivity contribution is -0.122. The van der Waals surface area contributed by atoms with E-state index in [-0.39, 0.29) is 25.3 Å². The molecule has 0 saturated carbocycles. The second-order valence-corrected chi connectivity index (χ2v) is 8.09. The molecule has 2 aliphatic rings. The van der Waals surface area contributed by atoms with Gasteiger partial charge in [-0.3, -0.25) is 9.69 Å². The van der Waals surface area contributed by atoms with Crippen molar-refractivity contribution in [1.29, 1.82) is 0 Å². The van der Waals surface area contributed by atoms with Crippen molar-refractivity contribution in [2.24, 2.45) is 0 Å². The second kappa shape index (κ2) is 9.42. The van der Waals surface area contributed by atoms with Gasteiger partial charge in [0, 0.05) is 30.8 Å². The van der Waals surface area contributed by atoms with Crippen LogP contribution in [0.5, 0.6) is 23.0 Å². The summed E-state index contributed by atoms with van der Waals surface area (Å²) in [6.45, 7) is 2.10. The zero-order valence-corrected chi connectivity index (χ0v) is 18.5. The molecular weight excluding hydrogens is 420 g/mol. The highest BCUT2D eigenvalue weighted by atomic mass is 16.7. The number of hydrogen-bond acceptors (Lipinski definition) is 6. The molecule has 1 unspecified atom stereocenters. The fraction of sp³-hybridized carbons (Fsp3) is 0.269. The van der Waals surface area contributed by atoms with Gasteiger partial charge < -0.3 is 24.3 Å². The fourth-order valence-electron chi connectivity index (χ4n) is 4.21. The van der Waals surface area contributed by atoms with Gasteiger partial charge in [-0.05, 0) is 29.8 Å². The first-order valence-electron chi connectivity index (χ1n) is 10.9. The molecule has 0 saturated heterocycles. The first-order chi connectivity index (χ1) is 16.2. The van der Waals surface area contributed by atoms with Gasteiger partial charge in [-0.1, -0.05) is 42.5 Å². The summed E-state index contributed by atoms with van der Waals surface area (Å²) in [5.41, 5.74) is 2.98. The van der Waals surface area contributed by atoms with E-state index in [0.29, 0.717) is 25.4 Å². The summed E-state index contributed by atoms with van der Waals surface area (Å²) >= 11 is 0. The molecule has 1 atom stereocenters. The molecule has 0 bridgehead atoms. The molecule has 7 heteroatoms. The van der Waals surface area contributed by atoms with Crippen LogP contribution in [0.25, 0.3) is 0 Å². The molecule has 170 valence electrons. The Morgan fingerprint density at radius 3 is 2.76 bits per heavy atom. The third-order valence-electron chi connectivity index (χ3n) is 5.84. The van der Waals surface area contributed by atoms with Crippen molar-refractivity contribution in [2.45, 2.75) is 19.2 Å². The number of benzene rings is 3. The van der Waals surface area contributed by atoms with Crippen molar-refractivity contribution in [3.05, 3.63) is 83.4 Å². The van der Waals surface area contributed by atoms with Gasteiger partial charge >= 0.3 is 0 Å². The van der Waals surface area contributed by atoms with Crippen LogP contribution in [-0.4, -0.2) is 37.8 Å². The first-order valence-corrected chi connectivity index (χ1v) is 10.9. The average molecular weight is 447 g/mol. The van der Waals surface area contributed by atoms with E-state index in [4.69, 9.17) is 18.9 Å². The highest BCUT2D eigenvalue weighted by Gasteiger charge is 2.27. The fourth-order valence-corrected chi connectivity index (χ4v) is 4.21. The number of amides is 1. The lowest BCUT2D eigenvalue weighted by Crippen LogP contribution is -2.38. The minimum Gasteiger partial charge on any atom is -0.496 e. The van der Waals surface area contributed by atoms with Crippen molar-refractivity contribution in [3.8, 4) is 23.0 Å². The van der Waals surface area contributed by atoms with Gasteiger partial charge in [-0.25, -0.2) is 0 Å². The SMILES string of the molecule is COc1ccccc1C1CN(CC(=O)NCc2ccc3c(c2)OCO3)Cc2ccccc2O1. The molecular formula is C26H26N2O5. The molecule has 1 amide bonds. The molecule has 2 aliphatic heterocycles. The van der Waals surface area contributed by atoms with Crippen LogP contribution in [0.1, 0.15) is 22.8 Å². The number of nitrogens with one attached hydrogen (secondary N) is 1. The Hall–Kier alpha value is -3.71. The number of fused-ring (bicyclic) bond motifs is 2. The molecule has 5 rings (SSSR count). The average Bonchev–Trinajstić information content (AvgIpc) is 3.23. The van der Waals surface area contributed by atoms with Crippen LogP contribution in [0.3, 0.4) is 0 Å². The van der Waals surface area contributed by atoms with Crippen LogP contribution in [0.15, 0.2) is 66.7 Å². The molecule has 2 heterocycles. The number of para-hydroxylation sites is 2. The number of hydrogen-bond donors (Lipinski definition) is 1. The smallest absolute Gasteiger partial charge is 0.234 e. The standard InChI is InChI=1S/C26H26N2O5/c1-30-22-9-5-3-7-20(22)25-15-28(14-19-6-2-4-8-21(19)33-25)16-26(29)27-13-18-10-11-23-24(12-18)32-17-31-23/h2-12,25H,13-17H2,1H3,(H,27,29). The van der Waals surface area contributed by atoms with E-state index in [2.05, 4.69) is 10.2 Å². The Bertz CT molecular complexity index is 1150. The van der Waals surface area contributed by atoms with E-state index in [1.54, 1.807) is 7.11 Å². The van der Waals surface area contributed by atoms with Crippen molar-refractivity contribution >= 4 is 5.91 Å². The van der Waals surface area contributed by atoms with Gasteiger partial charge in [-0.2, -0.15) is 0 Å². The van der Waals surface area contributed by atoms with Gasteiger partial charge in [0.15, 0.2) is 11.5 Å². The lowest BCUT2D eigenvalue weighted by Gasteiger charge is -2.24. The van der Waals surface area contributed by atoms with Crippen LogP contribution in [0.2, 0.25) is 0 Å². The van der Waals surface area contributed by atoms with Gasteiger partial charge in [-0.15, -0.1) is 0 Å². The molecule has 0 spiro atoms. The van der Waals surface area contributed by atoms with Crippen LogP contribution in [0, 0.1) is 0 Å². The van der Waals surface area contributed by atoms with E-state index in [1.165, 1.54) is 0 Å². The predicted octanol–water partition coefficient (Wildman–Crippen LogP) is 3.68. The maximum Gasteiger partial charge on any atom is 0.234 e. The summed E-state index contributed by atoms with van der Waals surface area (Å²) in [5, 5.41) is 3.02. The van der Waals surface area contributed by atoms with Gasteiger partial charge in [0.1, 0.15) is 17.6 Å². The van der Waals surface area contributed by atoms with E-state index in [9.17, 15) is 4.79 Å². The predicted molar refractivity (Wildman–Crippen MR) is 122 cm³/mol. The molecule has 0 aromatic heterocycles. The number of ether oxygens (including phenoxy) is 4. The van der Waals surface area contributed by atoms with Crippen LogP contribution < -0.4 is 24.3 Å². The molecule has 7 nitrogen and oxygen atoms in total. The number of carbonyl (C=O) groups is 1. The summed E-state index contributed by atoms with van der Waals surface area (Å²) in [5.74, 6) is 3.00. The Kier molecular flexibility index (Phi) is 6.04. The lowest BCUT2D eigenvalue weighted by atomic mass is 10.1. The molecule has 3 aromatic rings. The van der Waals surface area contributed by atoms with E-state index in [1.807, 2.05) is 66.7 Å². The highest BCUT2D eigenvalue weighted by molar-refractivity contribution is 5.78.